The van der Waals surface area contributed by atoms with E-state index in [2.05, 4.69) is 65.1 Å². The lowest BCUT2D eigenvalue weighted by atomic mass is 10.1. The third-order valence-electron chi connectivity index (χ3n) is 8.37. The Balaban J connectivity index is 2.60. The molecular weight excluding hydrogens is 791 g/mol. The van der Waals surface area contributed by atoms with Gasteiger partial charge in [-0.3, -0.25) is 29.2 Å². The second kappa shape index (κ2) is 30.1. The molecule has 1 unspecified atom stereocenters. The van der Waals surface area contributed by atoms with Gasteiger partial charge in [-0.25, -0.2) is 14.4 Å². The number of aliphatic carboxylic acids is 2. The van der Waals surface area contributed by atoms with Crippen LogP contribution in [-0.4, -0.2) is 128 Å². The number of amides is 7. The lowest BCUT2D eigenvalue weighted by Crippen LogP contribution is -2.54. The number of carboxylic acids is 2. The number of thiol groups is 1. The lowest BCUT2D eigenvalue weighted by molar-refractivity contribution is -0.140. The summed E-state index contributed by atoms with van der Waals surface area (Å²) in [6.45, 7) is 1.81. The first kappa shape index (κ1) is 51.0. The molecule has 0 saturated carbocycles. The van der Waals surface area contributed by atoms with Gasteiger partial charge < -0.3 is 69.9 Å². The third-order valence-corrected chi connectivity index (χ3v) is 8.60. The summed E-state index contributed by atoms with van der Waals surface area (Å²) in [5, 5.41) is 39.3. The Morgan fingerprint density at radius 2 is 1.27 bits per heavy atom. The number of hydrogen-bond donors (Lipinski definition) is 14. The maximum Gasteiger partial charge on any atom is 0.326 e. The first-order valence-corrected chi connectivity index (χ1v) is 19.9. The molecule has 16 N–H and O–H groups in total. The fourth-order valence-corrected chi connectivity index (χ4v) is 5.34. The highest BCUT2D eigenvalue weighted by Gasteiger charge is 2.27. The van der Waals surface area contributed by atoms with Crippen LogP contribution < -0.4 is 59.7 Å². The highest BCUT2D eigenvalue weighted by Crippen LogP contribution is 2.08. The van der Waals surface area contributed by atoms with Crippen LogP contribution in [0.5, 0.6) is 0 Å². The number of guanidine groups is 2. The first-order valence-electron chi connectivity index (χ1n) is 19.2. The Hall–Kier alpha value is -6.00. The summed E-state index contributed by atoms with van der Waals surface area (Å²) >= 11 is 4.13. The van der Waals surface area contributed by atoms with Gasteiger partial charge in [0.2, 0.25) is 17.7 Å². The molecule has 0 saturated heterocycles. The normalized spacial score (nSPS) is 12.4. The van der Waals surface area contributed by atoms with Gasteiger partial charge in [0.25, 0.3) is 0 Å². The topological polar surface area (TPSA) is 359 Å². The monoisotopic (exact) mass is 851 g/mol. The highest BCUT2D eigenvalue weighted by atomic mass is 32.1. The van der Waals surface area contributed by atoms with Gasteiger partial charge in [0.1, 0.15) is 18.1 Å². The summed E-state index contributed by atoms with van der Waals surface area (Å²) in [5.41, 5.74) is 18.0. The zero-order valence-corrected chi connectivity index (χ0v) is 34.3. The summed E-state index contributed by atoms with van der Waals surface area (Å²) in [6.07, 6.45) is 2.53. The van der Waals surface area contributed by atoms with Crippen LogP contribution in [0.25, 0.3) is 0 Å². The average Bonchev–Trinajstić information content (AvgIpc) is 3.19. The minimum atomic E-state index is -1.32. The van der Waals surface area contributed by atoms with E-state index in [1.54, 1.807) is 31.3 Å². The molecule has 22 nitrogen and oxygen atoms in total. The number of urea groups is 2. The number of carbonyl (C=O) groups excluding carboxylic acids is 5. The van der Waals surface area contributed by atoms with Gasteiger partial charge in [-0.05, 0) is 62.5 Å². The van der Waals surface area contributed by atoms with Crippen molar-refractivity contribution >= 4 is 66.3 Å². The fraction of sp³-hybridized carbons (Fsp3) is 0.583. The molecule has 0 spiro atoms. The molecule has 330 valence electrons. The number of rotatable bonds is 29. The van der Waals surface area contributed by atoms with Gasteiger partial charge in [0.15, 0.2) is 11.9 Å². The molecule has 0 aromatic heterocycles. The molecule has 0 aliphatic carbocycles. The zero-order chi connectivity index (χ0) is 44.0. The molecular formula is C36H61N13O9S. The molecule has 0 bridgehead atoms. The Morgan fingerprint density at radius 3 is 1.88 bits per heavy atom. The molecule has 23 heteroatoms. The summed E-state index contributed by atoms with van der Waals surface area (Å²) in [6, 6.07) is 2.72. The van der Waals surface area contributed by atoms with Gasteiger partial charge >= 0.3 is 24.0 Å². The molecule has 0 fully saturated rings. The molecule has 3 atom stereocenters. The fourth-order valence-electron chi connectivity index (χ4n) is 5.23. The minimum absolute atomic E-state index is 0.0420. The van der Waals surface area contributed by atoms with Crippen molar-refractivity contribution in [1.82, 2.24) is 42.5 Å². The summed E-state index contributed by atoms with van der Waals surface area (Å²) in [4.78, 5) is 93.4. The van der Waals surface area contributed by atoms with Crippen molar-refractivity contribution in [3.05, 3.63) is 35.4 Å². The van der Waals surface area contributed by atoms with Crippen molar-refractivity contribution in [2.75, 3.05) is 45.5 Å². The largest absolute Gasteiger partial charge is 0.481 e. The number of hydrogen-bond acceptors (Lipinski definition) is 10. The van der Waals surface area contributed by atoms with Gasteiger partial charge in [-0.15, -0.1) is 0 Å². The van der Waals surface area contributed by atoms with Crippen LogP contribution in [0.15, 0.2) is 34.3 Å². The van der Waals surface area contributed by atoms with Crippen molar-refractivity contribution in [3.8, 4) is 0 Å². The van der Waals surface area contributed by atoms with E-state index in [1.165, 1.54) is 0 Å². The van der Waals surface area contributed by atoms with E-state index in [0.717, 1.165) is 5.56 Å². The molecule has 7 amide bonds. The molecule has 0 heterocycles. The van der Waals surface area contributed by atoms with Gasteiger partial charge in [-0.1, -0.05) is 24.3 Å². The predicted molar refractivity (Wildman–Crippen MR) is 224 cm³/mol. The second-order valence-electron chi connectivity index (χ2n) is 13.2. The summed E-state index contributed by atoms with van der Waals surface area (Å²) in [5.74, 6) is -3.29. The van der Waals surface area contributed by atoms with Crippen LogP contribution in [0, 0.1) is 0 Å². The predicted octanol–water partition coefficient (Wildman–Crippen LogP) is -1.80. The molecule has 1 rings (SSSR count). The quantitative estimate of drug-likeness (QED) is 0.0183. The average molecular weight is 852 g/mol. The number of carbonyl (C=O) groups is 7. The van der Waals surface area contributed by atoms with Crippen LogP contribution in [0.1, 0.15) is 68.9 Å². The number of benzene rings is 1. The van der Waals surface area contributed by atoms with E-state index in [-0.39, 0.29) is 69.2 Å². The molecule has 0 radical (unpaired) electrons. The van der Waals surface area contributed by atoms with Crippen molar-refractivity contribution in [3.63, 3.8) is 0 Å². The number of unbranched alkanes of at least 4 members (excludes halogenated alkanes) is 2. The van der Waals surface area contributed by atoms with Crippen LogP contribution in [0.2, 0.25) is 0 Å². The Bertz CT molecular complexity index is 1560. The summed E-state index contributed by atoms with van der Waals surface area (Å²) < 4.78 is 0. The van der Waals surface area contributed by atoms with Crippen LogP contribution in [0.4, 0.5) is 9.59 Å². The van der Waals surface area contributed by atoms with E-state index in [4.69, 9.17) is 27.4 Å². The highest BCUT2D eigenvalue weighted by molar-refractivity contribution is 7.80. The lowest BCUT2D eigenvalue weighted by Gasteiger charge is -2.23. The van der Waals surface area contributed by atoms with E-state index in [1.807, 2.05) is 0 Å². The van der Waals surface area contributed by atoms with Crippen LogP contribution in [0.3, 0.4) is 0 Å². The van der Waals surface area contributed by atoms with E-state index in [0.29, 0.717) is 63.1 Å². The zero-order valence-electron chi connectivity index (χ0n) is 33.4. The van der Waals surface area contributed by atoms with Crippen molar-refractivity contribution < 1.29 is 43.8 Å². The second-order valence-corrected chi connectivity index (χ2v) is 13.7. The molecule has 0 aliphatic rings. The maximum absolute atomic E-state index is 13.5. The van der Waals surface area contributed by atoms with Crippen molar-refractivity contribution in [2.24, 2.45) is 27.2 Å². The minimum Gasteiger partial charge on any atom is -0.481 e. The van der Waals surface area contributed by atoms with Crippen molar-refractivity contribution in [1.29, 1.82) is 0 Å². The standard InChI is InChI=1S/C36H61N13O9S/c1-40-34(39)43-18-6-7-25(30(53)41-19-20-59)48-31(54)26(8-5-17-42-33(37)38)47-28(50)21-23-9-11-24(12-10-23)22-46-35(57)44-15-3-2-4-16-45-36(58)49-27(32(55)56)13-14-29(51)52/h9-12,25-27,59H,2-8,13-22H2,1H3,(H,41,53)(H,47,50)(H,48,54)(H,51,52)(H,55,56)(H4,37,38,42)(H3,39,40,43)(H2,44,46,57)(H2,45,49,58)/t25-,26?,27-/m0/s1. The van der Waals surface area contributed by atoms with E-state index < -0.39 is 54.3 Å². The molecule has 1 aromatic rings. The molecule has 1 aromatic carbocycles. The third kappa shape index (κ3) is 25.1. The molecule has 0 aliphatic heterocycles. The number of carboxylic acid groups (broad SMARTS) is 2. The summed E-state index contributed by atoms with van der Waals surface area (Å²) in [7, 11) is 1.54. The number of nitrogens with one attached hydrogen (secondary N) is 8. The van der Waals surface area contributed by atoms with Gasteiger partial charge in [0.05, 0.1) is 6.42 Å². The first-order chi connectivity index (χ1) is 28.1. The smallest absolute Gasteiger partial charge is 0.326 e. The van der Waals surface area contributed by atoms with Crippen LogP contribution in [-0.2, 0) is 36.9 Å². The Labute approximate surface area is 348 Å². The SMILES string of the molecule is CN=C(N)NCCC[C@H](NC(=O)C(CCCN=C(N)N)NC(=O)Cc1ccc(CNC(=O)NCCCCCNC(=O)N[C@@H](CCC(=O)O)C(=O)O)cc1)C(=O)NCCS. The number of nitrogens with two attached hydrogens (primary N) is 3. The van der Waals surface area contributed by atoms with E-state index >= 15 is 0 Å². The van der Waals surface area contributed by atoms with E-state index in [9.17, 15) is 33.6 Å². The Kier molecular flexibility index (Phi) is 26.1. The maximum atomic E-state index is 13.5. The Morgan fingerprint density at radius 1 is 0.661 bits per heavy atom. The number of nitrogens with zero attached hydrogens (tertiary/aromatic N) is 2. The van der Waals surface area contributed by atoms with Gasteiger partial charge in [-0.2, -0.15) is 12.6 Å². The molecule has 59 heavy (non-hydrogen) atoms. The van der Waals surface area contributed by atoms with Crippen molar-refractivity contribution in [2.45, 2.75) is 88.9 Å². The van der Waals surface area contributed by atoms with Gasteiger partial charge in [0, 0.05) is 58.5 Å². The number of aliphatic imine (C=N–C) groups is 2. The van der Waals surface area contributed by atoms with Crippen LogP contribution >= 0.6 is 12.6 Å².